The Morgan fingerprint density at radius 3 is 2.56 bits per heavy atom. The number of fused-ring (bicyclic) bond motifs is 1. The van der Waals surface area contributed by atoms with Crippen molar-refractivity contribution in [2.24, 2.45) is 0 Å². The summed E-state index contributed by atoms with van der Waals surface area (Å²) in [6.45, 7) is 3.33. The lowest BCUT2D eigenvalue weighted by Gasteiger charge is -2.14. The van der Waals surface area contributed by atoms with Crippen LogP contribution in [0.1, 0.15) is 25.2 Å². The van der Waals surface area contributed by atoms with Crippen molar-refractivity contribution in [2.75, 3.05) is 18.0 Å². The first-order valence-electron chi connectivity index (χ1n) is 10.2. The first-order valence-corrected chi connectivity index (χ1v) is 11.0. The van der Waals surface area contributed by atoms with Crippen molar-refractivity contribution in [3.05, 3.63) is 54.1 Å². The van der Waals surface area contributed by atoms with E-state index in [1.807, 2.05) is 13.8 Å². The van der Waals surface area contributed by atoms with Crippen molar-refractivity contribution in [2.45, 2.75) is 31.6 Å². The van der Waals surface area contributed by atoms with Crippen molar-refractivity contribution in [3.63, 3.8) is 0 Å². The van der Waals surface area contributed by atoms with Crippen molar-refractivity contribution >= 4 is 28.8 Å². The van der Waals surface area contributed by atoms with Crippen LogP contribution in [0, 0.1) is 5.82 Å². The molecule has 0 saturated heterocycles. The molecule has 4 aromatic rings. The summed E-state index contributed by atoms with van der Waals surface area (Å²) in [6, 6.07) is 3.14. The molecule has 7 nitrogen and oxygen atoms in total. The number of nitrogens with one attached hydrogen (secondary N) is 2. The highest BCUT2D eigenvalue weighted by molar-refractivity contribution is 8.00. The van der Waals surface area contributed by atoms with Crippen LogP contribution in [0.15, 0.2) is 41.8 Å². The zero-order chi connectivity index (χ0) is 22.5. The van der Waals surface area contributed by atoms with E-state index in [0.717, 1.165) is 21.7 Å². The number of H-pyrrole nitrogens is 1. The predicted octanol–water partition coefficient (Wildman–Crippen LogP) is 5.15. The zero-order valence-corrected chi connectivity index (χ0v) is 18.5. The Balaban J connectivity index is 1.63. The predicted molar refractivity (Wildman–Crippen MR) is 121 cm³/mol. The standard InChI is InChI=1S/C22H22F2N6OS/c1-3-15-21(31-10-7-23)16(4-2)29-22(28-15)30-32-18-12-27-20-13(18)5-6-14(24)19(20)17-11-25-8-9-26-17/h5-6,8-9,11-12,27H,3-4,7,10H2,1-2H3,(H,28,29,30). The van der Waals surface area contributed by atoms with E-state index in [9.17, 15) is 8.78 Å². The zero-order valence-electron chi connectivity index (χ0n) is 17.7. The molecule has 32 heavy (non-hydrogen) atoms. The lowest BCUT2D eigenvalue weighted by molar-refractivity contribution is 0.266. The number of nitrogens with zero attached hydrogens (tertiary/aromatic N) is 4. The van der Waals surface area contributed by atoms with Gasteiger partial charge >= 0.3 is 0 Å². The largest absolute Gasteiger partial charge is 0.487 e. The SMILES string of the molecule is CCc1nc(NSc2c[nH]c3c(-c4cnccn4)c(F)ccc23)nc(CC)c1OCCF. The number of benzene rings is 1. The highest BCUT2D eigenvalue weighted by Crippen LogP contribution is 2.35. The molecule has 0 unspecified atom stereocenters. The van der Waals surface area contributed by atoms with Crippen LogP contribution in [-0.2, 0) is 12.8 Å². The van der Waals surface area contributed by atoms with Gasteiger partial charge < -0.3 is 9.72 Å². The van der Waals surface area contributed by atoms with E-state index in [1.54, 1.807) is 18.5 Å². The average Bonchev–Trinajstić information content (AvgIpc) is 3.24. The van der Waals surface area contributed by atoms with Gasteiger partial charge in [0.15, 0.2) is 5.75 Å². The number of hydrogen-bond donors (Lipinski definition) is 2. The number of aromatic amines is 1. The Labute approximate surface area is 188 Å². The number of alkyl halides is 1. The van der Waals surface area contributed by atoms with Crippen LogP contribution in [0.4, 0.5) is 14.7 Å². The minimum Gasteiger partial charge on any atom is -0.487 e. The Hall–Kier alpha value is -3.27. The van der Waals surface area contributed by atoms with E-state index in [4.69, 9.17) is 4.74 Å². The van der Waals surface area contributed by atoms with Gasteiger partial charge in [0.25, 0.3) is 0 Å². The normalized spacial score (nSPS) is 11.1. The fourth-order valence-electron chi connectivity index (χ4n) is 3.39. The monoisotopic (exact) mass is 456 g/mol. The lowest BCUT2D eigenvalue weighted by atomic mass is 10.1. The van der Waals surface area contributed by atoms with E-state index < -0.39 is 6.67 Å². The molecule has 0 amide bonds. The number of halogens is 2. The van der Waals surface area contributed by atoms with Gasteiger partial charge in [-0.25, -0.2) is 18.7 Å². The second-order valence-corrected chi connectivity index (χ2v) is 7.66. The number of ether oxygens (including phenoxy) is 1. The van der Waals surface area contributed by atoms with Crippen LogP contribution < -0.4 is 9.46 Å². The second kappa shape index (κ2) is 9.90. The molecule has 0 aliphatic carbocycles. The highest BCUT2D eigenvalue weighted by Gasteiger charge is 2.17. The van der Waals surface area contributed by atoms with Gasteiger partial charge in [0.1, 0.15) is 19.1 Å². The Morgan fingerprint density at radius 1 is 1.12 bits per heavy atom. The van der Waals surface area contributed by atoms with E-state index >= 15 is 0 Å². The Bertz CT molecular complexity index is 1190. The molecule has 0 fully saturated rings. The highest BCUT2D eigenvalue weighted by atomic mass is 32.2. The average molecular weight is 457 g/mol. The molecule has 4 rings (SSSR count). The van der Waals surface area contributed by atoms with E-state index in [-0.39, 0.29) is 12.4 Å². The summed E-state index contributed by atoms with van der Waals surface area (Å²) in [5.41, 5.74) is 2.90. The number of rotatable bonds is 9. The first kappa shape index (κ1) is 21.9. The van der Waals surface area contributed by atoms with E-state index in [2.05, 4.69) is 29.6 Å². The second-order valence-electron chi connectivity index (χ2n) is 6.81. The summed E-state index contributed by atoms with van der Waals surface area (Å²) >= 11 is 1.32. The van der Waals surface area contributed by atoms with Crippen molar-refractivity contribution in [1.29, 1.82) is 0 Å². The van der Waals surface area contributed by atoms with Crippen molar-refractivity contribution in [3.8, 4) is 17.0 Å². The molecule has 1 aromatic carbocycles. The minimum atomic E-state index is -0.570. The maximum absolute atomic E-state index is 14.6. The quantitative estimate of drug-likeness (QED) is 0.337. The van der Waals surface area contributed by atoms with Crippen LogP contribution >= 0.6 is 11.9 Å². The topological polar surface area (TPSA) is 88.6 Å². The summed E-state index contributed by atoms with van der Waals surface area (Å²) < 4.78 is 35.9. The molecule has 10 heteroatoms. The Kier molecular flexibility index (Phi) is 6.79. The molecule has 166 valence electrons. The Morgan fingerprint density at radius 2 is 1.91 bits per heavy atom. The number of hydrogen-bond acceptors (Lipinski definition) is 7. The van der Waals surface area contributed by atoms with Gasteiger partial charge in [0.2, 0.25) is 5.95 Å². The fourth-order valence-corrected chi connectivity index (χ4v) is 4.08. The molecule has 0 saturated carbocycles. The van der Waals surface area contributed by atoms with Gasteiger partial charge in [0, 0.05) is 24.0 Å². The van der Waals surface area contributed by atoms with Crippen LogP contribution in [-0.4, -0.2) is 38.2 Å². The van der Waals surface area contributed by atoms with Crippen LogP contribution in [0.2, 0.25) is 0 Å². The van der Waals surface area contributed by atoms with Gasteiger partial charge in [-0.3, -0.25) is 14.7 Å². The third-order valence-corrected chi connectivity index (χ3v) is 5.68. The first-order chi connectivity index (χ1) is 15.7. The van der Waals surface area contributed by atoms with Gasteiger partial charge in [-0.2, -0.15) is 0 Å². The third-order valence-electron chi connectivity index (χ3n) is 4.84. The molecule has 2 N–H and O–H groups in total. The summed E-state index contributed by atoms with van der Waals surface area (Å²) in [5, 5.41) is 0.832. The molecular formula is C22H22F2N6OS. The van der Waals surface area contributed by atoms with Crippen LogP contribution in [0.25, 0.3) is 22.2 Å². The molecule has 3 aromatic heterocycles. The van der Waals surface area contributed by atoms with Gasteiger partial charge in [-0.1, -0.05) is 13.8 Å². The van der Waals surface area contributed by atoms with Crippen molar-refractivity contribution in [1.82, 2.24) is 24.9 Å². The van der Waals surface area contributed by atoms with E-state index in [1.165, 1.54) is 30.4 Å². The van der Waals surface area contributed by atoms with Gasteiger partial charge in [-0.05, 0) is 36.9 Å². The summed E-state index contributed by atoms with van der Waals surface area (Å²) in [4.78, 5) is 21.3. The summed E-state index contributed by atoms with van der Waals surface area (Å²) in [5.74, 6) is 0.609. The van der Waals surface area contributed by atoms with Gasteiger partial charge in [0.05, 0.1) is 39.3 Å². The van der Waals surface area contributed by atoms with Crippen LogP contribution in [0.5, 0.6) is 5.75 Å². The summed E-state index contributed by atoms with van der Waals surface area (Å²) in [7, 11) is 0. The molecule has 0 aliphatic rings. The van der Waals surface area contributed by atoms with Gasteiger partial charge in [-0.15, -0.1) is 0 Å². The van der Waals surface area contributed by atoms with Crippen molar-refractivity contribution < 1.29 is 13.5 Å². The summed E-state index contributed by atoms with van der Waals surface area (Å²) in [6.07, 6.45) is 7.66. The lowest BCUT2D eigenvalue weighted by Crippen LogP contribution is -2.09. The molecule has 0 atom stereocenters. The fraction of sp³-hybridized carbons (Fsp3) is 0.273. The molecule has 0 aliphatic heterocycles. The maximum Gasteiger partial charge on any atom is 0.233 e. The molecular weight excluding hydrogens is 434 g/mol. The molecule has 0 radical (unpaired) electrons. The number of anilines is 1. The maximum atomic E-state index is 14.6. The molecule has 3 heterocycles. The number of aromatic nitrogens is 5. The third kappa shape index (κ3) is 4.36. The molecule has 0 spiro atoms. The minimum absolute atomic E-state index is 0.0229. The van der Waals surface area contributed by atoms with Crippen LogP contribution in [0.3, 0.4) is 0 Å². The number of aryl methyl sites for hydroxylation is 2. The van der Waals surface area contributed by atoms with E-state index in [0.29, 0.717) is 41.3 Å². The smallest absolute Gasteiger partial charge is 0.233 e. The molecule has 0 bridgehead atoms.